The average Bonchev–Trinajstić information content (AvgIpc) is 3.84. The SMILES string of the molecule is CC12Oc3ccc4ccccc4c3C1C=CC=C2c1nc(-n2c3ccc4ccccc4c3c3c4sc5ccccc5c4ccc32)nc2ccccc12. The minimum atomic E-state index is -0.657. The van der Waals surface area contributed by atoms with Gasteiger partial charge < -0.3 is 4.74 Å². The van der Waals surface area contributed by atoms with Gasteiger partial charge in [0, 0.05) is 47.5 Å². The zero-order valence-electron chi connectivity index (χ0n) is 28.2. The summed E-state index contributed by atoms with van der Waals surface area (Å²) in [6.45, 7) is 2.23. The molecule has 0 fully saturated rings. The van der Waals surface area contributed by atoms with Gasteiger partial charge in [0.2, 0.25) is 5.95 Å². The maximum Gasteiger partial charge on any atom is 0.235 e. The number of ether oxygens (including phenoxy) is 1. The number of thiophene rings is 1. The van der Waals surface area contributed by atoms with E-state index < -0.39 is 5.60 Å². The Kier molecular flexibility index (Phi) is 5.54. The number of benzene rings is 7. The largest absolute Gasteiger partial charge is 0.481 e. The second kappa shape index (κ2) is 10.2. The van der Waals surface area contributed by atoms with E-state index in [1.54, 1.807) is 0 Å². The minimum absolute atomic E-state index is 0.0339. The van der Waals surface area contributed by atoms with E-state index in [4.69, 9.17) is 14.7 Å². The molecule has 0 amide bonds. The van der Waals surface area contributed by atoms with Gasteiger partial charge in [0.25, 0.3) is 0 Å². The lowest BCUT2D eigenvalue weighted by molar-refractivity contribution is 0.166. The first kappa shape index (κ1) is 28.4. The van der Waals surface area contributed by atoms with Crippen molar-refractivity contribution in [3.8, 4) is 11.7 Å². The van der Waals surface area contributed by atoms with Crippen molar-refractivity contribution >= 4 is 91.3 Å². The van der Waals surface area contributed by atoms with Crippen LogP contribution in [-0.4, -0.2) is 20.1 Å². The van der Waals surface area contributed by atoms with Gasteiger partial charge in [0.1, 0.15) is 11.4 Å². The highest BCUT2D eigenvalue weighted by molar-refractivity contribution is 7.26. The maximum atomic E-state index is 7.03. The smallest absolute Gasteiger partial charge is 0.235 e. The number of aromatic nitrogens is 3. The maximum absolute atomic E-state index is 7.03. The first-order valence-corrected chi connectivity index (χ1v) is 18.6. The zero-order valence-corrected chi connectivity index (χ0v) is 29.0. The summed E-state index contributed by atoms with van der Waals surface area (Å²) < 4.78 is 11.9. The summed E-state index contributed by atoms with van der Waals surface area (Å²) >= 11 is 1.87. The van der Waals surface area contributed by atoms with Crippen LogP contribution in [0.4, 0.5) is 0 Å². The molecule has 4 heterocycles. The number of nitrogens with zero attached hydrogens (tertiary/aromatic N) is 3. The molecule has 1 aliphatic carbocycles. The van der Waals surface area contributed by atoms with Crippen molar-refractivity contribution in [2.45, 2.75) is 18.4 Å². The summed E-state index contributed by atoms with van der Waals surface area (Å²) in [6.07, 6.45) is 6.67. The van der Waals surface area contributed by atoms with Crippen LogP contribution >= 0.6 is 11.3 Å². The van der Waals surface area contributed by atoms with E-state index in [1.165, 1.54) is 58.1 Å². The second-order valence-electron chi connectivity index (χ2n) is 14.2. The van der Waals surface area contributed by atoms with Crippen molar-refractivity contribution in [2.24, 2.45) is 0 Å². The third-order valence-corrected chi connectivity index (χ3v) is 12.7. The second-order valence-corrected chi connectivity index (χ2v) is 15.2. The van der Waals surface area contributed by atoms with Gasteiger partial charge in [0.15, 0.2) is 0 Å². The first-order chi connectivity index (χ1) is 25.7. The molecule has 10 aromatic rings. The van der Waals surface area contributed by atoms with Crippen LogP contribution in [0.1, 0.15) is 24.1 Å². The van der Waals surface area contributed by atoms with Crippen molar-refractivity contribution < 1.29 is 4.74 Å². The lowest BCUT2D eigenvalue weighted by Gasteiger charge is -2.34. The summed E-state index contributed by atoms with van der Waals surface area (Å²) in [7, 11) is 0. The Morgan fingerprint density at radius 1 is 0.635 bits per heavy atom. The molecular formula is C47H29N3OS. The molecule has 5 heteroatoms. The van der Waals surface area contributed by atoms with Crippen LogP contribution in [0.15, 0.2) is 152 Å². The van der Waals surface area contributed by atoms with Gasteiger partial charge in [-0.1, -0.05) is 121 Å². The van der Waals surface area contributed by atoms with Gasteiger partial charge in [-0.25, -0.2) is 9.97 Å². The van der Waals surface area contributed by atoms with Crippen LogP contribution in [0.2, 0.25) is 0 Å². The first-order valence-electron chi connectivity index (χ1n) is 17.8. The van der Waals surface area contributed by atoms with Crippen LogP contribution in [-0.2, 0) is 0 Å². The fourth-order valence-corrected chi connectivity index (χ4v) is 10.4. The highest BCUT2D eigenvalue weighted by atomic mass is 32.1. The molecule has 0 spiro atoms. The van der Waals surface area contributed by atoms with Gasteiger partial charge in [-0.2, -0.15) is 0 Å². The lowest BCUT2D eigenvalue weighted by Crippen LogP contribution is -2.37. The number of para-hydroxylation sites is 1. The summed E-state index contributed by atoms with van der Waals surface area (Å²) in [6, 6.07) is 47.8. The summed E-state index contributed by atoms with van der Waals surface area (Å²) in [5.41, 5.74) is 5.63. The summed E-state index contributed by atoms with van der Waals surface area (Å²) in [4.78, 5) is 10.9. The van der Waals surface area contributed by atoms with Crippen molar-refractivity contribution in [3.63, 3.8) is 0 Å². The standard InChI is InChI=1S/C47H29N3OS/c1-47-34(41-29-13-4-2-12-28(29)22-26-39(41)51-47)17-10-18-35(47)44-33-16-6-8-19-36(33)48-46(49-44)50-37-24-21-27-11-3-5-14-30(27)42(37)43-38(50)25-23-32-31-15-7-9-20-40(31)52-45(32)43/h2-26,34H,1H3. The predicted octanol–water partition coefficient (Wildman–Crippen LogP) is 12.3. The van der Waals surface area contributed by atoms with E-state index in [9.17, 15) is 0 Å². The number of hydrogen-bond donors (Lipinski definition) is 0. The Morgan fingerprint density at radius 3 is 2.21 bits per heavy atom. The number of fused-ring (bicyclic) bond motifs is 15. The Balaban J connectivity index is 1.15. The van der Waals surface area contributed by atoms with Crippen molar-refractivity contribution in [1.29, 1.82) is 0 Å². The van der Waals surface area contributed by atoms with Crippen LogP contribution in [0.3, 0.4) is 0 Å². The molecule has 0 N–H and O–H groups in total. The Morgan fingerprint density at radius 2 is 1.33 bits per heavy atom. The lowest BCUT2D eigenvalue weighted by atomic mass is 9.74. The fraction of sp³-hybridized carbons (Fsp3) is 0.0638. The molecule has 2 aliphatic rings. The molecule has 2 atom stereocenters. The van der Waals surface area contributed by atoms with E-state index in [1.807, 2.05) is 11.3 Å². The van der Waals surface area contributed by atoms with Gasteiger partial charge in [-0.3, -0.25) is 4.57 Å². The minimum Gasteiger partial charge on any atom is -0.481 e. The monoisotopic (exact) mass is 683 g/mol. The topological polar surface area (TPSA) is 39.9 Å². The van der Waals surface area contributed by atoms with E-state index in [0.29, 0.717) is 5.95 Å². The summed E-state index contributed by atoms with van der Waals surface area (Å²) in [5, 5.41) is 11.0. The Bertz CT molecular complexity index is 3260. The van der Waals surface area contributed by atoms with E-state index in [0.717, 1.165) is 39.0 Å². The summed E-state index contributed by atoms with van der Waals surface area (Å²) in [5.74, 6) is 1.62. The molecule has 244 valence electrons. The third kappa shape index (κ3) is 3.65. The average molecular weight is 684 g/mol. The third-order valence-electron chi connectivity index (χ3n) is 11.5. The van der Waals surface area contributed by atoms with Crippen molar-refractivity contribution in [3.05, 3.63) is 163 Å². The molecule has 0 radical (unpaired) electrons. The molecule has 1 aliphatic heterocycles. The molecular weight excluding hydrogens is 655 g/mol. The zero-order chi connectivity index (χ0) is 34.1. The molecule has 52 heavy (non-hydrogen) atoms. The number of rotatable bonds is 2. The number of allylic oxidation sites excluding steroid dienone is 2. The number of hydrogen-bond acceptors (Lipinski definition) is 4. The van der Waals surface area contributed by atoms with Gasteiger partial charge >= 0.3 is 0 Å². The van der Waals surface area contributed by atoms with E-state index in [-0.39, 0.29) is 5.92 Å². The highest BCUT2D eigenvalue weighted by Crippen LogP contribution is 2.55. The Hall–Kier alpha value is -6.30. The molecule has 0 saturated heterocycles. The van der Waals surface area contributed by atoms with Crippen LogP contribution < -0.4 is 4.74 Å². The van der Waals surface area contributed by atoms with Crippen LogP contribution in [0, 0.1) is 0 Å². The molecule has 0 bridgehead atoms. The van der Waals surface area contributed by atoms with E-state index >= 15 is 0 Å². The van der Waals surface area contributed by atoms with E-state index in [2.05, 4.69) is 163 Å². The van der Waals surface area contributed by atoms with Crippen LogP contribution in [0.25, 0.3) is 85.9 Å². The fourth-order valence-electron chi connectivity index (χ4n) is 9.13. The van der Waals surface area contributed by atoms with Gasteiger partial charge in [0.05, 0.1) is 28.2 Å². The molecule has 12 rings (SSSR count). The van der Waals surface area contributed by atoms with Crippen molar-refractivity contribution in [1.82, 2.24) is 14.5 Å². The molecule has 7 aromatic carbocycles. The molecule has 3 aromatic heterocycles. The molecule has 4 nitrogen and oxygen atoms in total. The quantitative estimate of drug-likeness (QED) is 0.182. The molecule has 0 saturated carbocycles. The van der Waals surface area contributed by atoms with Gasteiger partial charge in [-0.05, 0) is 58.8 Å². The van der Waals surface area contributed by atoms with Crippen molar-refractivity contribution in [2.75, 3.05) is 0 Å². The Labute approximate surface area is 302 Å². The normalized spacial score (nSPS) is 18.2. The van der Waals surface area contributed by atoms with Gasteiger partial charge in [-0.15, -0.1) is 11.3 Å². The highest BCUT2D eigenvalue weighted by Gasteiger charge is 2.49. The van der Waals surface area contributed by atoms with Crippen LogP contribution in [0.5, 0.6) is 5.75 Å². The predicted molar refractivity (Wildman–Crippen MR) is 217 cm³/mol. The molecule has 2 unspecified atom stereocenters.